The van der Waals surface area contributed by atoms with Crippen LogP contribution in [0.25, 0.3) is 0 Å². The molecule has 1 unspecified atom stereocenters. The maximum absolute atomic E-state index is 12.6. The molecule has 2 saturated heterocycles. The van der Waals surface area contributed by atoms with E-state index in [9.17, 15) is 14.9 Å². The van der Waals surface area contributed by atoms with Gasteiger partial charge in [-0.25, -0.2) is 4.98 Å². The van der Waals surface area contributed by atoms with Crippen molar-refractivity contribution in [2.45, 2.75) is 58.3 Å². The number of nitriles is 1. The van der Waals surface area contributed by atoms with Crippen LogP contribution in [0.15, 0.2) is 0 Å². The molecule has 0 radical (unpaired) electrons. The van der Waals surface area contributed by atoms with E-state index >= 15 is 0 Å². The highest BCUT2D eigenvalue weighted by molar-refractivity contribution is 6.35. The summed E-state index contributed by atoms with van der Waals surface area (Å²) in [5, 5.41) is 12.6. The lowest BCUT2D eigenvalue weighted by atomic mass is 9.88. The first-order valence-electron chi connectivity index (χ1n) is 11.3. The molecule has 3 aliphatic rings. The van der Waals surface area contributed by atoms with Gasteiger partial charge in [0.25, 0.3) is 0 Å². The molecule has 0 aliphatic carbocycles. The molecular weight excluding hydrogens is 410 g/mol. The Morgan fingerprint density at radius 3 is 2.66 bits per heavy atom. The van der Waals surface area contributed by atoms with E-state index in [-0.39, 0.29) is 11.7 Å². The first-order valence-corrected chi connectivity index (χ1v) is 11.3. The molecule has 1 aromatic heterocycles. The number of carbonyl (C=O) groups excluding carboxylic acids is 2. The summed E-state index contributed by atoms with van der Waals surface area (Å²) < 4.78 is 11.4. The summed E-state index contributed by atoms with van der Waals surface area (Å²) in [7, 11) is 0. The minimum absolute atomic E-state index is 0.00157. The summed E-state index contributed by atoms with van der Waals surface area (Å²) in [6.45, 7) is 9.39. The Balaban J connectivity index is 1.42. The number of aromatic nitrogens is 1. The molecule has 0 bridgehead atoms. The van der Waals surface area contributed by atoms with Crippen LogP contribution in [-0.4, -0.2) is 72.7 Å². The van der Waals surface area contributed by atoms with E-state index in [4.69, 9.17) is 14.5 Å². The number of anilines is 1. The Morgan fingerprint density at radius 1 is 1.25 bits per heavy atom. The van der Waals surface area contributed by atoms with E-state index < -0.39 is 11.8 Å². The molecule has 3 aliphatic heterocycles. The lowest BCUT2D eigenvalue weighted by Gasteiger charge is -2.38. The highest BCUT2D eigenvalue weighted by atomic mass is 16.5. The van der Waals surface area contributed by atoms with Crippen LogP contribution in [0.1, 0.15) is 49.1 Å². The number of fused-ring (bicyclic) bond motifs is 1. The van der Waals surface area contributed by atoms with Crippen molar-refractivity contribution in [1.29, 1.82) is 5.26 Å². The zero-order chi connectivity index (χ0) is 22.9. The molecule has 0 aromatic carbocycles. The second-order valence-electron chi connectivity index (χ2n) is 9.31. The molecule has 1 atom stereocenters. The van der Waals surface area contributed by atoms with Crippen molar-refractivity contribution in [2.75, 3.05) is 44.2 Å². The molecule has 0 saturated carbocycles. The van der Waals surface area contributed by atoms with Gasteiger partial charge in [0.1, 0.15) is 11.9 Å². The summed E-state index contributed by atoms with van der Waals surface area (Å²) in [6, 6.07) is 2.37. The number of pyridine rings is 1. The van der Waals surface area contributed by atoms with Crippen LogP contribution in [0.5, 0.6) is 0 Å². The van der Waals surface area contributed by atoms with Gasteiger partial charge in [-0.05, 0) is 39.2 Å². The number of amides is 2. The van der Waals surface area contributed by atoms with Gasteiger partial charge in [-0.1, -0.05) is 0 Å². The number of piperazine rings is 1. The average Bonchev–Trinajstić information content (AvgIpc) is 3.30. The van der Waals surface area contributed by atoms with Gasteiger partial charge in [0, 0.05) is 57.0 Å². The number of aryl methyl sites for hydroxylation is 1. The quantitative estimate of drug-likeness (QED) is 0.699. The van der Waals surface area contributed by atoms with Crippen LogP contribution in [-0.2, 0) is 32.1 Å². The van der Waals surface area contributed by atoms with Gasteiger partial charge in [0.15, 0.2) is 0 Å². The van der Waals surface area contributed by atoms with Crippen LogP contribution in [0.2, 0.25) is 0 Å². The van der Waals surface area contributed by atoms with Gasteiger partial charge in [0.05, 0.1) is 23.9 Å². The van der Waals surface area contributed by atoms with Crippen LogP contribution in [0.3, 0.4) is 0 Å². The Kier molecular flexibility index (Phi) is 6.35. The van der Waals surface area contributed by atoms with Gasteiger partial charge < -0.3 is 24.6 Å². The number of nitrogens with one attached hydrogen (secondary N) is 1. The number of ether oxygens (including phenoxy) is 2. The lowest BCUT2D eigenvalue weighted by Crippen LogP contribution is -2.53. The first-order chi connectivity index (χ1) is 15.3. The van der Waals surface area contributed by atoms with Gasteiger partial charge in [-0.2, -0.15) is 5.26 Å². The molecule has 4 heterocycles. The molecule has 4 rings (SSSR count). The van der Waals surface area contributed by atoms with Crippen LogP contribution < -0.4 is 10.2 Å². The second kappa shape index (κ2) is 9.04. The van der Waals surface area contributed by atoms with E-state index in [0.717, 1.165) is 29.7 Å². The largest absolute Gasteiger partial charge is 0.376 e. The maximum Gasteiger partial charge on any atom is 0.312 e. The van der Waals surface area contributed by atoms with Crippen molar-refractivity contribution in [3.8, 4) is 6.07 Å². The summed E-state index contributed by atoms with van der Waals surface area (Å²) >= 11 is 0. The van der Waals surface area contributed by atoms with Crippen molar-refractivity contribution in [3.63, 3.8) is 0 Å². The first kappa shape index (κ1) is 22.5. The van der Waals surface area contributed by atoms with E-state index in [1.54, 1.807) is 4.90 Å². The highest BCUT2D eigenvalue weighted by Crippen LogP contribution is 2.35. The molecule has 32 heavy (non-hydrogen) atoms. The van der Waals surface area contributed by atoms with Crippen molar-refractivity contribution in [2.24, 2.45) is 0 Å². The molecule has 0 spiro atoms. The van der Waals surface area contributed by atoms with Crippen molar-refractivity contribution in [1.82, 2.24) is 15.2 Å². The zero-order valence-electron chi connectivity index (χ0n) is 19.1. The molecule has 1 aromatic rings. The Hall–Kier alpha value is -2.70. The number of rotatable bonds is 3. The fraction of sp³-hybridized carbons (Fsp3) is 0.652. The smallest absolute Gasteiger partial charge is 0.312 e. The molecule has 1 N–H and O–H groups in total. The third-order valence-electron chi connectivity index (χ3n) is 6.50. The monoisotopic (exact) mass is 441 g/mol. The SMILES string of the molecule is Cc1nc(N2CCN(C(=O)C(=O)NCC3CCCO3)CC2)c(C#N)c2c1COC(C)(C)C2. The van der Waals surface area contributed by atoms with E-state index in [1.807, 2.05) is 25.7 Å². The van der Waals surface area contributed by atoms with Gasteiger partial charge in [-0.15, -0.1) is 0 Å². The van der Waals surface area contributed by atoms with E-state index in [0.29, 0.717) is 63.7 Å². The Labute approximate surface area is 188 Å². The summed E-state index contributed by atoms with van der Waals surface area (Å²) in [5.74, 6) is -0.440. The second-order valence-corrected chi connectivity index (χ2v) is 9.31. The highest BCUT2D eigenvalue weighted by Gasteiger charge is 2.33. The molecule has 2 fully saturated rings. The number of hydrogen-bond donors (Lipinski definition) is 1. The average molecular weight is 442 g/mol. The standard InChI is InChI=1S/C23H31N5O4/c1-15-19-14-32-23(2,3)11-17(19)18(12-24)20(26-15)27-6-8-28(9-7-27)22(30)21(29)25-13-16-5-4-10-31-16/h16H,4-11,13-14H2,1-3H3,(H,25,29). The van der Waals surface area contributed by atoms with Crippen molar-refractivity contribution >= 4 is 17.6 Å². The lowest BCUT2D eigenvalue weighted by molar-refractivity contribution is -0.146. The van der Waals surface area contributed by atoms with Gasteiger partial charge >= 0.3 is 11.8 Å². The molecular formula is C23H31N5O4. The number of nitrogens with zero attached hydrogens (tertiary/aromatic N) is 4. The van der Waals surface area contributed by atoms with Crippen molar-refractivity contribution < 1.29 is 19.1 Å². The van der Waals surface area contributed by atoms with Crippen molar-refractivity contribution in [3.05, 3.63) is 22.4 Å². The van der Waals surface area contributed by atoms with E-state index in [1.165, 1.54) is 0 Å². The predicted octanol–water partition coefficient (Wildman–Crippen LogP) is 1.06. The summed E-state index contributed by atoms with van der Waals surface area (Å²) in [5.41, 5.74) is 3.15. The fourth-order valence-electron chi connectivity index (χ4n) is 4.62. The van der Waals surface area contributed by atoms with Crippen LogP contribution in [0, 0.1) is 18.3 Å². The third-order valence-corrected chi connectivity index (χ3v) is 6.50. The molecule has 172 valence electrons. The Morgan fingerprint density at radius 2 is 2.00 bits per heavy atom. The maximum atomic E-state index is 12.6. The topological polar surface area (TPSA) is 108 Å². The minimum Gasteiger partial charge on any atom is -0.376 e. The number of carbonyl (C=O) groups is 2. The molecule has 2 amide bonds. The molecule has 9 nitrogen and oxygen atoms in total. The normalized spacial score (nSPS) is 22.2. The number of hydrogen-bond acceptors (Lipinski definition) is 7. The summed E-state index contributed by atoms with van der Waals surface area (Å²) in [6.07, 6.45) is 2.55. The van der Waals surface area contributed by atoms with E-state index in [2.05, 4.69) is 11.4 Å². The van der Waals surface area contributed by atoms with Gasteiger partial charge in [-0.3, -0.25) is 9.59 Å². The molecule has 9 heteroatoms. The van der Waals surface area contributed by atoms with Crippen LogP contribution in [0.4, 0.5) is 5.82 Å². The fourth-order valence-corrected chi connectivity index (χ4v) is 4.62. The minimum atomic E-state index is -0.586. The zero-order valence-corrected chi connectivity index (χ0v) is 19.1. The van der Waals surface area contributed by atoms with Crippen LogP contribution >= 0.6 is 0 Å². The summed E-state index contributed by atoms with van der Waals surface area (Å²) in [4.78, 5) is 33.2. The van der Waals surface area contributed by atoms with Gasteiger partial charge in [0.2, 0.25) is 0 Å². The third kappa shape index (κ3) is 4.57. The predicted molar refractivity (Wildman–Crippen MR) is 117 cm³/mol. The Bertz CT molecular complexity index is 941.